The Bertz CT molecular complexity index is 2790. The van der Waals surface area contributed by atoms with Crippen molar-refractivity contribution in [2.75, 3.05) is 9.80 Å². The van der Waals surface area contributed by atoms with Crippen molar-refractivity contribution in [1.29, 1.82) is 0 Å². The highest BCUT2D eigenvalue weighted by Gasteiger charge is 2.49. The van der Waals surface area contributed by atoms with Crippen LogP contribution in [0.15, 0.2) is 66.7 Å². The van der Waals surface area contributed by atoms with E-state index in [9.17, 15) is 0 Å². The minimum atomic E-state index is 0.0560. The molecule has 0 saturated carbocycles. The van der Waals surface area contributed by atoms with Crippen molar-refractivity contribution >= 4 is 57.2 Å². The molecule has 5 aromatic rings. The van der Waals surface area contributed by atoms with Gasteiger partial charge in [-0.2, -0.15) is 0 Å². The van der Waals surface area contributed by atoms with Crippen LogP contribution in [0.2, 0.25) is 0 Å². The van der Waals surface area contributed by atoms with Crippen LogP contribution in [0.25, 0.3) is 0 Å². The van der Waals surface area contributed by atoms with Gasteiger partial charge in [0.25, 0.3) is 6.71 Å². The van der Waals surface area contributed by atoms with E-state index in [-0.39, 0.29) is 44.6 Å². The van der Waals surface area contributed by atoms with E-state index >= 15 is 0 Å². The number of anilines is 6. The Morgan fingerprint density at radius 3 is 1.23 bits per heavy atom. The number of hydrogen-bond acceptors (Lipinski definition) is 2. The Morgan fingerprint density at radius 2 is 0.797 bits per heavy atom. The molecule has 0 amide bonds. The molecule has 334 valence electrons. The molecule has 0 aromatic heterocycles. The summed E-state index contributed by atoms with van der Waals surface area (Å²) in [5.41, 5.74) is 27.6. The highest BCUT2D eigenvalue weighted by atomic mass is 15.2. The van der Waals surface area contributed by atoms with Gasteiger partial charge in [-0.25, -0.2) is 0 Å². The van der Waals surface area contributed by atoms with Gasteiger partial charge in [-0.3, -0.25) is 0 Å². The summed E-state index contributed by atoms with van der Waals surface area (Å²) in [5, 5.41) is 0. The molecule has 2 aliphatic heterocycles. The number of rotatable bonds is 2. The summed E-state index contributed by atoms with van der Waals surface area (Å²) in [6.07, 6.45) is 7.18. The normalized spacial score (nSPS) is 21.2. The second-order valence-corrected chi connectivity index (χ2v) is 26.5. The third-order valence-electron chi connectivity index (χ3n) is 17.8. The number of fused-ring (bicyclic) bond motifs is 7. The maximum Gasteiger partial charge on any atom is 0.252 e. The lowest BCUT2D eigenvalue weighted by Gasteiger charge is -2.49. The Morgan fingerprint density at radius 1 is 0.422 bits per heavy atom. The van der Waals surface area contributed by atoms with E-state index in [2.05, 4.69) is 201 Å². The van der Waals surface area contributed by atoms with Crippen molar-refractivity contribution in [2.45, 2.75) is 201 Å². The summed E-state index contributed by atoms with van der Waals surface area (Å²) in [7, 11) is 0. The van der Waals surface area contributed by atoms with E-state index in [0.717, 1.165) is 0 Å². The molecule has 0 atom stereocenters. The zero-order chi connectivity index (χ0) is 46.2. The molecule has 0 fully saturated rings. The van der Waals surface area contributed by atoms with Gasteiger partial charge in [-0.15, -0.1) is 0 Å². The van der Waals surface area contributed by atoms with Gasteiger partial charge in [-0.1, -0.05) is 134 Å². The second-order valence-electron chi connectivity index (χ2n) is 26.5. The molecule has 0 saturated heterocycles. The van der Waals surface area contributed by atoms with Crippen LogP contribution in [0.3, 0.4) is 0 Å². The smallest absolute Gasteiger partial charge is 0.252 e. The molecular weight excluding hydrogens is 771 g/mol. The third kappa shape index (κ3) is 6.31. The summed E-state index contributed by atoms with van der Waals surface area (Å²) < 4.78 is 0. The predicted molar refractivity (Wildman–Crippen MR) is 279 cm³/mol. The number of nitrogens with zero attached hydrogens (tertiary/aromatic N) is 2. The van der Waals surface area contributed by atoms with Crippen molar-refractivity contribution in [2.24, 2.45) is 0 Å². The summed E-state index contributed by atoms with van der Waals surface area (Å²) >= 11 is 0. The predicted octanol–water partition coefficient (Wildman–Crippen LogP) is 15.0. The first-order valence-corrected chi connectivity index (χ1v) is 24.9. The first-order chi connectivity index (χ1) is 29.5. The van der Waals surface area contributed by atoms with Crippen LogP contribution >= 0.6 is 0 Å². The Kier molecular flexibility index (Phi) is 9.17. The average molecular weight is 849 g/mol. The molecule has 3 aliphatic carbocycles. The van der Waals surface area contributed by atoms with Crippen molar-refractivity contribution in [3.05, 3.63) is 122 Å². The highest BCUT2D eigenvalue weighted by molar-refractivity contribution is 7.00. The lowest BCUT2D eigenvalue weighted by atomic mass is 9.32. The van der Waals surface area contributed by atoms with E-state index in [1.165, 1.54) is 134 Å². The summed E-state index contributed by atoms with van der Waals surface area (Å²) in [4.78, 5) is 5.46. The van der Waals surface area contributed by atoms with Crippen LogP contribution in [-0.4, -0.2) is 6.71 Å². The maximum absolute atomic E-state index is 2.74. The van der Waals surface area contributed by atoms with Gasteiger partial charge in [0.1, 0.15) is 0 Å². The molecule has 10 rings (SSSR count). The van der Waals surface area contributed by atoms with Crippen LogP contribution in [0, 0.1) is 20.8 Å². The monoisotopic (exact) mass is 849 g/mol. The minimum absolute atomic E-state index is 0.0560. The fraction of sp³-hybridized carbons (Fsp3) is 0.508. The van der Waals surface area contributed by atoms with Crippen molar-refractivity contribution < 1.29 is 0 Å². The van der Waals surface area contributed by atoms with Crippen molar-refractivity contribution in [3.63, 3.8) is 0 Å². The molecular formula is C61H77BN2. The van der Waals surface area contributed by atoms with E-state index in [4.69, 9.17) is 0 Å². The number of hydrogen-bond donors (Lipinski definition) is 0. The highest BCUT2D eigenvalue weighted by Crippen LogP contribution is 2.55. The zero-order valence-electron chi connectivity index (χ0n) is 43.1. The van der Waals surface area contributed by atoms with E-state index in [0.29, 0.717) is 0 Å². The molecule has 5 aromatic carbocycles. The zero-order valence-corrected chi connectivity index (χ0v) is 43.1. The maximum atomic E-state index is 2.74. The fourth-order valence-corrected chi connectivity index (χ4v) is 13.2. The van der Waals surface area contributed by atoms with Crippen molar-refractivity contribution in [1.82, 2.24) is 0 Å². The molecule has 0 spiro atoms. The molecule has 3 heteroatoms. The van der Waals surface area contributed by atoms with E-state index < -0.39 is 0 Å². The van der Waals surface area contributed by atoms with Crippen LogP contribution in [0.4, 0.5) is 34.1 Å². The molecule has 0 N–H and O–H groups in total. The minimum Gasteiger partial charge on any atom is -0.311 e. The second kappa shape index (κ2) is 13.4. The van der Waals surface area contributed by atoms with Gasteiger partial charge in [0.2, 0.25) is 0 Å². The summed E-state index contributed by atoms with van der Waals surface area (Å²) in [6.45, 7) is 44.1. The molecule has 5 aliphatic rings. The number of aryl methyl sites for hydroxylation is 3. The quantitative estimate of drug-likeness (QED) is 0.160. The summed E-state index contributed by atoms with van der Waals surface area (Å²) in [5.74, 6) is 0. The molecule has 2 nitrogen and oxygen atoms in total. The van der Waals surface area contributed by atoms with Crippen LogP contribution in [0.1, 0.15) is 198 Å². The molecule has 2 heterocycles. The summed E-state index contributed by atoms with van der Waals surface area (Å²) in [6, 6.07) is 28.4. The van der Waals surface area contributed by atoms with Gasteiger partial charge in [0.15, 0.2) is 0 Å². The van der Waals surface area contributed by atoms with Gasteiger partial charge in [-0.05, 0) is 206 Å². The largest absolute Gasteiger partial charge is 0.311 e. The van der Waals surface area contributed by atoms with Gasteiger partial charge in [0, 0.05) is 28.4 Å². The topological polar surface area (TPSA) is 6.48 Å². The lowest BCUT2D eigenvalue weighted by Crippen LogP contribution is -2.62. The fourth-order valence-electron chi connectivity index (χ4n) is 13.2. The Hall–Kier alpha value is -4.24. The van der Waals surface area contributed by atoms with Gasteiger partial charge in [0.05, 0.1) is 5.69 Å². The van der Waals surface area contributed by atoms with Gasteiger partial charge >= 0.3 is 0 Å². The van der Waals surface area contributed by atoms with Crippen molar-refractivity contribution in [3.8, 4) is 0 Å². The molecule has 0 bridgehead atoms. The Labute approximate surface area is 388 Å². The number of benzene rings is 5. The van der Waals surface area contributed by atoms with Gasteiger partial charge < -0.3 is 9.80 Å². The van der Waals surface area contributed by atoms with Crippen LogP contribution in [-0.2, 0) is 37.9 Å². The standard InChI is InChI=1S/C61H77BN2/c1-36-27-51-53-52(28-36)64(54-37(2)29-39(30-38(54)3)55(4,5)6)50-35-46-44(59(13,14)24-26-61(46,17)18)33-48(50)62(53)47-32-43-45(60(15,16)25-23-58(43,11)12)34-49(47)63(51)40-19-20-41-42(31-40)57(9,10)22-21-56(41,7)8/h19-20,27-35H,21-26H2,1-18H3. The Balaban J connectivity index is 1.36. The average Bonchev–Trinajstić information content (AvgIpc) is 3.19. The van der Waals surface area contributed by atoms with Crippen LogP contribution < -0.4 is 26.2 Å². The third-order valence-corrected chi connectivity index (χ3v) is 17.8. The first-order valence-electron chi connectivity index (χ1n) is 24.9. The molecule has 0 unspecified atom stereocenters. The van der Waals surface area contributed by atoms with E-state index in [1.54, 1.807) is 11.1 Å². The SMILES string of the molecule is Cc1cc2c3c(c1)N(c1c(C)cc(C(C)(C)C)cc1C)c1cc4c(cc1B3c1cc3c(cc1N2c1ccc2c(c1)C(C)(C)CCC2(C)C)C(C)(C)CCC3(C)C)C(C)(C)CCC4(C)C. The van der Waals surface area contributed by atoms with E-state index in [1.807, 2.05) is 0 Å². The lowest BCUT2D eigenvalue weighted by molar-refractivity contribution is 0.332. The molecule has 64 heavy (non-hydrogen) atoms. The first kappa shape index (κ1) is 43.6. The molecule has 0 radical (unpaired) electrons. The van der Waals surface area contributed by atoms with Crippen LogP contribution in [0.5, 0.6) is 0 Å².